The third-order valence-electron chi connectivity index (χ3n) is 2.32. The highest BCUT2D eigenvalue weighted by atomic mass is 19.3. The second-order valence-electron chi connectivity index (χ2n) is 3.47. The molecule has 0 aliphatic carbocycles. The number of hydrogen-bond acceptors (Lipinski definition) is 5. The minimum atomic E-state index is -2.88. The van der Waals surface area contributed by atoms with Crippen LogP contribution in [0.1, 0.15) is 30.2 Å². The maximum absolute atomic E-state index is 13.1. The van der Waals surface area contributed by atoms with Crippen LogP contribution < -0.4 is 4.74 Å². The number of pyridine rings is 1. The van der Waals surface area contributed by atoms with E-state index in [0.29, 0.717) is 0 Å². The third kappa shape index (κ3) is 3.37. The van der Waals surface area contributed by atoms with Crippen LogP contribution in [0.5, 0.6) is 5.75 Å². The molecule has 0 bridgehead atoms. The molecule has 0 aliphatic rings. The molecule has 0 radical (unpaired) electrons. The minimum Gasteiger partial charge on any atom is -0.493 e. The van der Waals surface area contributed by atoms with Gasteiger partial charge in [0.2, 0.25) is 0 Å². The quantitative estimate of drug-likeness (QED) is 0.765. The van der Waals surface area contributed by atoms with Crippen molar-refractivity contribution < 1.29 is 23.0 Å². The first-order chi connectivity index (χ1) is 9.04. The van der Waals surface area contributed by atoms with Gasteiger partial charge in [0.1, 0.15) is 6.07 Å². The summed E-state index contributed by atoms with van der Waals surface area (Å²) < 4.78 is 35.6. The van der Waals surface area contributed by atoms with E-state index in [0.717, 1.165) is 13.3 Å². The van der Waals surface area contributed by atoms with E-state index >= 15 is 0 Å². The summed E-state index contributed by atoms with van der Waals surface area (Å²) in [6, 6.07) is 1.66. The first-order valence-corrected chi connectivity index (χ1v) is 5.44. The SMILES string of the molecule is CCOC(=O)Cc1cnc(C#N)c(OC)c1C(F)F. The Balaban J connectivity index is 3.25. The standard InChI is InChI=1S/C12H12F2N2O3/c1-3-19-9(17)4-7-6-16-8(5-15)11(18-2)10(7)12(13)14/h6,12H,3-4H2,1-2H3. The average Bonchev–Trinajstić information content (AvgIpc) is 2.37. The molecule has 0 aliphatic heterocycles. The Kier molecular flexibility index (Phi) is 5.18. The molecular weight excluding hydrogens is 258 g/mol. The molecule has 102 valence electrons. The molecule has 7 heteroatoms. The molecular formula is C12H12F2N2O3. The zero-order valence-corrected chi connectivity index (χ0v) is 10.4. The number of rotatable bonds is 5. The van der Waals surface area contributed by atoms with Gasteiger partial charge in [-0.25, -0.2) is 13.8 Å². The molecule has 0 atom stereocenters. The van der Waals surface area contributed by atoms with Crippen LogP contribution in [0.25, 0.3) is 0 Å². The van der Waals surface area contributed by atoms with Gasteiger partial charge in [0.25, 0.3) is 6.43 Å². The number of ether oxygens (including phenoxy) is 2. The summed E-state index contributed by atoms with van der Waals surface area (Å²) in [5.41, 5.74) is -0.753. The van der Waals surface area contributed by atoms with Crippen LogP contribution in [-0.4, -0.2) is 24.7 Å². The van der Waals surface area contributed by atoms with Crippen molar-refractivity contribution in [3.63, 3.8) is 0 Å². The Morgan fingerprint density at radius 3 is 2.74 bits per heavy atom. The van der Waals surface area contributed by atoms with E-state index in [9.17, 15) is 13.6 Å². The maximum Gasteiger partial charge on any atom is 0.310 e. The third-order valence-corrected chi connectivity index (χ3v) is 2.32. The molecule has 1 aromatic heterocycles. The van der Waals surface area contributed by atoms with Gasteiger partial charge in [-0.2, -0.15) is 5.26 Å². The van der Waals surface area contributed by atoms with Crippen molar-refractivity contribution in [1.82, 2.24) is 4.98 Å². The van der Waals surface area contributed by atoms with Crippen LogP contribution in [-0.2, 0) is 16.0 Å². The summed E-state index contributed by atoms with van der Waals surface area (Å²) in [4.78, 5) is 15.0. The molecule has 0 saturated heterocycles. The van der Waals surface area contributed by atoms with E-state index in [1.807, 2.05) is 0 Å². The molecule has 0 saturated carbocycles. The molecule has 0 amide bonds. The zero-order chi connectivity index (χ0) is 14.4. The zero-order valence-electron chi connectivity index (χ0n) is 10.4. The molecule has 0 spiro atoms. The first kappa shape index (κ1) is 14.8. The van der Waals surface area contributed by atoms with Gasteiger partial charge in [0, 0.05) is 6.20 Å². The van der Waals surface area contributed by atoms with Gasteiger partial charge < -0.3 is 9.47 Å². The number of esters is 1. The van der Waals surface area contributed by atoms with Gasteiger partial charge in [-0.1, -0.05) is 0 Å². The summed E-state index contributed by atoms with van der Waals surface area (Å²) in [5.74, 6) is -0.947. The summed E-state index contributed by atoms with van der Waals surface area (Å²) in [7, 11) is 1.16. The molecule has 1 heterocycles. The molecule has 0 N–H and O–H groups in total. The Morgan fingerprint density at radius 1 is 1.58 bits per heavy atom. The Morgan fingerprint density at radius 2 is 2.26 bits per heavy atom. The van der Waals surface area contributed by atoms with Gasteiger partial charge in [-0.3, -0.25) is 4.79 Å². The first-order valence-electron chi connectivity index (χ1n) is 5.44. The second kappa shape index (κ2) is 6.64. The lowest BCUT2D eigenvalue weighted by Crippen LogP contribution is -2.11. The van der Waals surface area contributed by atoms with E-state index in [1.165, 1.54) is 0 Å². The van der Waals surface area contributed by atoms with Crippen LogP contribution >= 0.6 is 0 Å². The van der Waals surface area contributed by atoms with Crippen LogP contribution in [0.15, 0.2) is 6.20 Å². The highest BCUT2D eigenvalue weighted by molar-refractivity contribution is 5.73. The average molecular weight is 270 g/mol. The van der Waals surface area contributed by atoms with Crippen molar-refractivity contribution in [3.8, 4) is 11.8 Å². The summed E-state index contributed by atoms with van der Waals surface area (Å²) in [6.07, 6.45) is -2.16. The Bertz CT molecular complexity index is 512. The second-order valence-corrected chi connectivity index (χ2v) is 3.47. The molecule has 0 fully saturated rings. The van der Waals surface area contributed by atoms with Gasteiger partial charge in [-0.05, 0) is 12.5 Å². The van der Waals surface area contributed by atoms with Crippen molar-refractivity contribution in [2.45, 2.75) is 19.8 Å². The van der Waals surface area contributed by atoms with E-state index < -0.39 is 18.0 Å². The van der Waals surface area contributed by atoms with E-state index in [4.69, 9.17) is 14.7 Å². The molecule has 0 unspecified atom stereocenters. The van der Waals surface area contributed by atoms with Crippen molar-refractivity contribution >= 4 is 5.97 Å². The highest BCUT2D eigenvalue weighted by Gasteiger charge is 2.24. The minimum absolute atomic E-state index is 0.00991. The van der Waals surface area contributed by atoms with Crippen LogP contribution in [0.4, 0.5) is 8.78 Å². The van der Waals surface area contributed by atoms with Gasteiger partial charge in [0.15, 0.2) is 11.4 Å². The Hall–Kier alpha value is -2.23. The van der Waals surface area contributed by atoms with Crippen molar-refractivity contribution in [2.24, 2.45) is 0 Å². The topological polar surface area (TPSA) is 72.2 Å². The monoisotopic (exact) mass is 270 g/mol. The van der Waals surface area contributed by atoms with Gasteiger partial charge >= 0.3 is 5.97 Å². The number of nitrogens with zero attached hydrogens (tertiary/aromatic N) is 2. The molecule has 5 nitrogen and oxygen atoms in total. The van der Waals surface area contributed by atoms with E-state index in [1.54, 1.807) is 13.0 Å². The molecule has 1 rings (SSSR count). The number of methoxy groups -OCH3 is 1. The lowest BCUT2D eigenvalue weighted by atomic mass is 10.1. The number of alkyl halides is 2. The van der Waals surface area contributed by atoms with Crippen molar-refractivity contribution in [1.29, 1.82) is 5.26 Å². The number of nitriles is 1. The number of halogens is 2. The largest absolute Gasteiger partial charge is 0.493 e. The summed E-state index contributed by atoms with van der Waals surface area (Å²) >= 11 is 0. The van der Waals surface area contributed by atoms with Crippen molar-refractivity contribution in [3.05, 3.63) is 23.0 Å². The number of aromatic nitrogens is 1. The highest BCUT2D eigenvalue weighted by Crippen LogP contribution is 2.34. The van der Waals surface area contributed by atoms with E-state index in [-0.39, 0.29) is 30.0 Å². The number of carbonyl (C=O) groups excluding carboxylic acids is 1. The van der Waals surface area contributed by atoms with Crippen LogP contribution in [0.3, 0.4) is 0 Å². The lowest BCUT2D eigenvalue weighted by Gasteiger charge is -2.13. The predicted octanol–water partition coefficient (Wildman–Crippen LogP) is 2.01. The molecule has 0 aromatic carbocycles. The molecule has 1 aromatic rings. The summed E-state index contributed by atoms with van der Waals surface area (Å²) in [6.45, 7) is 1.77. The fourth-order valence-electron chi connectivity index (χ4n) is 1.58. The number of carbonyl (C=O) groups is 1. The summed E-state index contributed by atoms with van der Waals surface area (Å²) in [5, 5.41) is 8.78. The predicted molar refractivity (Wildman–Crippen MR) is 60.8 cm³/mol. The van der Waals surface area contributed by atoms with Crippen LogP contribution in [0.2, 0.25) is 0 Å². The number of hydrogen-bond donors (Lipinski definition) is 0. The van der Waals surface area contributed by atoms with E-state index in [2.05, 4.69) is 4.98 Å². The fourth-order valence-corrected chi connectivity index (χ4v) is 1.58. The van der Waals surface area contributed by atoms with Gasteiger partial charge in [-0.15, -0.1) is 0 Å². The van der Waals surface area contributed by atoms with Gasteiger partial charge in [0.05, 0.1) is 25.7 Å². The fraction of sp³-hybridized carbons (Fsp3) is 0.417. The lowest BCUT2D eigenvalue weighted by molar-refractivity contribution is -0.142. The smallest absolute Gasteiger partial charge is 0.310 e. The Labute approximate surface area is 108 Å². The normalized spacial score (nSPS) is 10.1. The van der Waals surface area contributed by atoms with Crippen molar-refractivity contribution in [2.75, 3.05) is 13.7 Å². The molecule has 19 heavy (non-hydrogen) atoms. The van der Waals surface area contributed by atoms with Crippen LogP contribution in [0, 0.1) is 11.3 Å². The maximum atomic E-state index is 13.1.